The summed E-state index contributed by atoms with van der Waals surface area (Å²) in [5, 5.41) is 7.87. The summed E-state index contributed by atoms with van der Waals surface area (Å²) in [6.07, 6.45) is 0. The van der Waals surface area contributed by atoms with Crippen molar-refractivity contribution in [1.29, 1.82) is 0 Å². The number of hydrogen-bond acceptors (Lipinski definition) is 5. The number of anilines is 1. The second-order valence-electron chi connectivity index (χ2n) is 5.29. The van der Waals surface area contributed by atoms with Gasteiger partial charge in [-0.15, -0.1) is 0 Å². The van der Waals surface area contributed by atoms with Crippen molar-refractivity contribution in [2.24, 2.45) is 0 Å². The minimum Gasteiger partial charge on any atom is -0.369 e. The topological polar surface area (TPSA) is 54.2 Å². The van der Waals surface area contributed by atoms with Gasteiger partial charge in [-0.2, -0.15) is 4.98 Å². The average molecular weight is 300 g/mol. The molecule has 0 fully saturated rings. The summed E-state index contributed by atoms with van der Waals surface area (Å²) in [4.78, 5) is 6.45. The number of nitrogens with one attached hydrogen (secondary N) is 1. The molecule has 0 unspecified atom stereocenters. The lowest BCUT2D eigenvalue weighted by Crippen LogP contribution is -2.21. The molecule has 1 N–H and O–H groups in total. The van der Waals surface area contributed by atoms with Gasteiger partial charge in [-0.05, 0) is 38.4 Å². The molecule has 0 atom stereocenters. The van der Waals surface area contributed by atoms with Crippen LogP contribution in [0.25, 0.3) is 22.4 Å². The van der Waals surface area contributed by atoms with Crippen LogP contribution in [-0.2, 0) is 0 Å². The molecule has 0 saturated carbocycles. The predicted octanol–water partition coefficient (Wildman–Crippen LogP) is 3.00. The Bertz CT molecular complexity index is 785. The quantitative estimate of drug-likeness (QED) is 0.785. The summed E-state index contributed by atoms with van der Waals surface area (Å²) >= 11 is 0. The summed E-state index contributed by atoms with van der Waals surface area (Å²) in [6, 6.07) is 10.2. The molecular formula is C16H17FN4O. The summed E-state index contributed by atoms with van der Waals surface area (Å²) < 4.78 is 19.1. The molecule has 3 aromatic rings. The van der Waals surface area contributed by atoms with E-state index in [1.54, 1.807) is 18.2 Å². The van der Waals surface area contributed by atoms with E-state index in [2.05, 4.69) is 20.4 Å². The van der Waals surface area contributed by atoms with E-state index in [0.29, 0.717) is 28.2 Å². The maximum absolute atomic E-state index is 13.9. The fraction of sp³-hybridized carbons (Fsp3) is 0.250. The zero-order valence-electron chi connectivity index (χ0n) is 12.5. The maximum Gasteiger partial charge on any atom is 0.260 e. The van der Waals surface area contributed by atoms with E-state index >= 15 is 0 Å². The van der Waals surface area contributed by atoms with E-state index in [9.17, 15) is 4.39 Å². The van der Waals surface area contributed by atoms with E-state index in [1.165, 1.54) is 6.07 Å². The Morgan fingerprint density at radius 3 is 2.77 bits per heavy atom. The Balaban J connectivity index is 1.88. The van der Waals surface area contributed by atoms with Gasteiger partial charge in [0.1, 0.15) is 17.3 Å². The Morgan fingerprint density at radius 1 is 1.18 bits per heavy atom. The van der Waals surface area contributed by atoms with E-state index in [1.807, 2.05) is 26.2 Å². The summed E-state index contributed by atoms with van der Waals surface area (Å²) in [7, 11) is 4.02. The zero-order chi connectivity index (χ0) is 15.5. The van der Waals surface area contributed by atoms with E-state index < -0.39 is 0 Å². The van der Waals surface area contributed by atoms with E-state index in [4.69, 9.17) is 4.52 Å². The molecule has 0 spiro atoms. The molecule has 5 nitrogen and oxygen atoms in total. The Kier molecular flexibility index (Phi) is 4.02. The Morgan fingerprint density at radius 2 is 2.00 bits per heavy atom. The first kappa shape index (κ1) is 14.5. The number of aromatic nitrogens is 2. The maximum atomic E-state index is 13.9. The van der Waals surface area contributed by atoms with E-state index in [0.717, 1.165) is 13.1 Å². The van der Waals surface area contributed by atoms with Gasteiger partial charge >= 0.3 is 0 Å². The largest absolute Gasteiger partial charge is 0.369 e. The molecule has 0 radical (unpaired) electrons. The van der Waals surface area contributed by atoms with Gasteiger partial charge in [0.05, 0.1) is 5.39 Å². The molecule has 1 aromatic carbocycles. The van der Waals surface area contributed by atoms with Crippen molar-refractivity contribution >= 4 is 16.9 Å². The highest BCUT2D eigenvalue weighted by atomic mass is 19.1. The summed E-state index contributed by atoms with van der Waals surface area (Å²) in [5.41, 5.74) is 1.28. The normalized spacial score (nSPS) is 11.3. The first-order chi connectivity index (χ1) is 10.6. The number of nitrogens with zero attached hydrogens (tertiary/aromatic N) is 3. The van der Waals surface area contributed by atoms with Crippen molar-refractivity contribution < 1.29 is 8.91 Å². The third-order valence-corrected chi connectivity index (χ3v) is 3.33. The average Bonchev–Trinajstić information content (AvgIpc) is 2.90. The second-order valence-corrected chi connectivity index (χ2v) is 5.29. The number of rotatable bonds is 5. The third-order valence-electron chi connectivity index (χ3n) is 3.33. The Hall–Kier alpha value is -2.47. The Labute approximate surface area is 127 Å². The number of benzene rings is 1. The highest BCUT2D eigenvalue weighted by Gasteiger charge is 2.15. The number of hydrogen-bond donors (Lipinski definition) is 1. The minimum atomic E-state index is -0.328. The summed E-state index contributed by atoms with van der Waals surface area (Å²) in [6.45, 7) is 1.68. The van der Waals surface area contributed by atoms with Gasteiger partial charge in [0.15, 0.2) is 0 Å². The first-order valence-electron chi connectivity index (χ1n) is 7.05. The van der Waals surface area contributed by atoms with Crippen LogP contribution in [0.1, 0.15) is 0 Å². The standard InChI is InChI=1S/C16H17FN4O/c1-21(2)10-9-18-14-8-7-12-15(20-22-16(12)19-14)11-5-3-4-6-13(11)17/h3-8H,9-10H2,1-2H3,(H,18,19). The van der Waals surface area contributed by atoms with Gasteiger partial charge in [0.25, 0.3) is 5.71 Å². The van der Waals surface area contributed by atoms with Crippen LogP contribution < -0.4 is 5.32 Å². The molecule has 114 valence electrons. The second kappa shape index (κ2) is 6.11. The molecule has 6 heteroatoms. The molecule has 0 saturated heterocycles. The van der Waals surface area contributed by atoms with Crippen LogP contribution in [0.4, 0.5) is 10.2 Å². The van der Waals surface area contributed by atoms with Gasteiger partial charge in [0, 0.05) is 18.7 Å². The smallest absolute Gasteiger partial charge is 0.260 e. The van der Waals surface area contributed by atoms with Crippen LogP contribution in [0.5, 0.6) is 0 Å². The van der Waals surface area contributed by atoms with Gasteiger partial charge in [0.2, 0.25) is 0 Å². The monoisotopic (exact) mass is 300 g/mol. The number of likely N-dealkylation sites (N-methyl/N-ethyl adjacent to an activating group) is 1. The van der Waals surface area contributed by atoms with Crippen LogP contribution in [0.2, 0.25) is 0 Å². The fourth-order valence-electron chi connectivity index (χ4n) is 2.18. The van der Waals surface area contributed by atoms with Gasteiger partial charge in [-0.25, -0.2) is 4.39 Å². The zero-order valence-corrected chi connectivity index (χ0v) is 12.5. The molecule has 0 aliphatic carbocycles. The lowest BCUT2D eigenvalue weighted by Gasteiger charge is -2.10. The lowest BCUT2D eigenvalue weighted by molar-refractivity contribution is 0.425. The molecule has 0 aliphatic heterocycles. The molecule has 0 aliphatic rings. The molecular weight excluding hydrogens is 283 g/mol. The van der Waals surface area contributed by atoms with Crippen LogP contribution in [0.15, 0.2) is 40.9 Å². The lowest BCUT2D eigenvalue weighted by atomic mass is 10.1. The van der Waals surface area contributed by atoms with E-state index in [-0.39, 0.29) is 5.82 Å². The SMILES string of the molecule is CN(C)CCNc1ccc2c(-c3ccccc3F)noc2n1. The summed E-state index contributed by atoms with van der Waals surface area (Å²) in [5.74, 6) is 0.386. The van der Waals surface area contributed by atoms with Gasteiger partial charge in [-0.3, -0.25) is 0 Å². The highest BCUT2D eigenvalue weighted by molar-refractivity contribution is 5.90. The highest BCUT2D eigenvalue weighted by Crippen LogP contribution is 2.29. The van der Waals surface area contributed by atoms with Crippen molar-refractivity contribution in [3.05, 3.63) is 42.2 Å². The van der Waals surface area contributed by atoms with Crippen molar-refractivity contribution in [2.75, 3.05) is 32.5 Å². The minimum absolute atomic E-state index is 0.328. The van der Waals surface area contributed by atoms with Crippen molar-refractivity contribution in [3.8, 4) is 11.3 Å². The number of pyridine rings is 1. The molecule has 3 rings (SSSR count). The molecule has 0 bridgehead atoms. The van der Waals surface area contributed by atoms with Crippen molar-refractivity contribution in [1.82, 2.24) is 15.0 Å². The molecule has 2 heterocycles. The van der Waals surface area contributed by atoms with Crippen molar-refractivity contribution in [2.45, 2.75) is 0 Å². The number of fused-ring (bicyclic) bond motifs is 1. The molecule has 2 aromatic heterocycles. The molecule has 22 heavy (non-hydrogen) atoms. The molecule has 0 amide bonds. The van der Waals surface area contributed by atoms with Crippen LogP contribution in [-0.4, -0.2) is 42.2 Å². The van der Waals surface area contributed by atoms with Gasteiger partial charge < -0.3 is 14.7 Å². The predicted molar refractivity (Wildman–Crippen MR) is 84.2 cm³/mol. The third kappa shape index (κ3) is 2.92. The fourth-order valence-corrected chi connectivity index (χ4v) is 2.18. The van der Waals surface area contributed by atoms with Crippen LogP contribution in [0, 0.1) is 5.82 Å². The van der Waals surface area contributed by atoms with Crippen LogP contribution >= 0.6 is 0 Å². The first-order valence-corrected chi connectivity index (χ1v) is 7.05. The van der Waals surface area contributed by atoms with Crippen LogP contribution in [0.3, 0.4) is 0 Å². The van der Waals surface area contributed by atoms with Crippen molar-refractivity contribution in [3.63, 3.8) is 0 Å². The number of halogens is 1. The van der Waals surface area contributed by atoms with Gasteiger partial charge in [-0.1, -0.05) is 17.3 Å².